The Morgan fingerprint density at radius 2 is 2.05 bits per heavy atom. The smallest absolute Gasteiger partial charge is 0.204 e. The molecule has 0 fully saturated rings. The highest BCUT2D eigenvalue weighted by Gasteiger charge is 2.17. The van der Waals surface area contributed by atoms with Crippen molar-refractivity contribution in [2.45, 2.75) is 13.3 Å². The van der Waals surface area contributed by atoms with Crippen LogP contribution in [0, 0.1) is 0 Å². The number of aryl methyl sites for hydroxylation is 1. The van der Waals surface area contributed by atoms with Crippen molar-refractivity contribution in [2.75, 3.05) is 19.0 Å². The third kappa shape index (κ3) is 1.81. The molecule has 0 amide bonds. The highest BCUT2D eigenvalue weighted by atomic mass is 35.5. The zero-order valence-corrected chi connectivity index (χ0v) is 12.9. The van der Waals surface area contributed by atoms with Crippen LogP contribution in [-0.4, -0.2) is 33.7 Å². The van der Waals surface area contributed by atoms with Crippen molar-refractivity contribution in [3.63, 3.8) is 0 Å². The summed E-state index contributed by atoms with van der Waals surface area (Å²) in [6.45, 7) is 2.03. The van der Waals surface area contributed by atoms with E-state index in [0.717, 1.165) is 28.8 Å². The molecule has 0 bridgehead atoms. The van der Waals surface area contributed by atoms with Gasteiger partial charge in [-0.1, -0.05) is 30.1 Å². The summed E-state index contributed by atoms with van der Waals surface area (Å²) >= 11 is 12.5. The molecule has 0 aliphatic carbocycles. The molecule has 0 saturated heterocycles. The van der Waals surface area contributed by atoms with Gasteiger partial charge in [0.2, 0.25) is 5.65 Å². The first kappa shape index (κ1) is 13.4. The Morgan fingerprint density at radius 1 is 1.30 bits per heavy atom. The van der Waals surface area contributed by atoms with Crippen LogP contribution in [0.3, 0.4) is 0 Å². The lowest BCUT2D eigenvalue weighted by Crippen LogP contribution is -2.13. The van der Waals surface area contributed by atoms with Gasteiger partial charge < -0.3 is 4.90 Å². The quantitative estimate of drug-likeness (QED) is 0.729. The Morgan fingerprint density at radius 3 is 2.70 bits per heavy atom. The number of hydrogen-bond acceptors (Lipinski definition) is 4. The summed E-state index contributed by atoms with van der Waals surface area (Å²) in [4.78, 5) is 6.62. The van der Waals surface area contributed by atoms with Crippen LogP contribution >= 0.6 is 23.2 Å². The fraction of sp³-hybridized carbons (Fsp3) is 0.308. The number of fused-ring (bicyclic) bond motifs is 3. The van der Waals surface area contributed by atoms with Crippen LogP contribution in [0.25, 0.3) is 16.7 Å². The maximum absolute atomic E-state index is 6.30. The van der Waals surface area contributed by atoms with Crippen LogP contribution in [0.2, 0.25) is 10.0 Å². The van der Waals surface area contributed by atoms with Gasteiger partial charge in [0.15, 0.2) is 5.82 Å². The third-order valence-corrected chi connectivity index (χ3v) is 4.10. The van der Waals surface area contributed by atoms with Gasteiger partial charge in [-0.2, -0.15) is 0 Å². The summed E-state index contributed by atoms with van der Waals surface area (Å²) in [6, 6.07) is 1.81. The predicted octanol–water partition coefficient (Wildman–Crippen LogP) is 3.21. The molecule has 0 spiro atoms. The van der Waals surface area contributed by atoms with Gasteiger partial charge in [-0.25, -0.2) is 4.98 Å². The first-order valence-electron chi connectivity index (χ1n) is 6.22. The number of nitrogens with zero attached hydrogens (tertiary/aromatic N) is 5. The van der Waals surface area contributed by atoms with E-state index in [1.807, 2.05) is 30.3 Å². The Balaban J connectivity index is 2.56. The normalized spacial score (nSPS) is 11.4. The molecule has 2 aromatic heterocycles. The number of benzene rings is 1. The molecular formula is C13H13Cl2N5. The third-order valence-electron chi connectivity index (χ3n) is 3.27. The molecule has 104 valence electrons. The second kappa shape index (κ2) is 4.75. The highest BCUT2D eigenvalue weighted by Crippen LogP contribution is 2.34. The largest absolute Gasteiger partial charge is 0.360 e. The fourth-order valence-electron chi connectivity index (χ4n) is 2.31. The summed E-state index contributed by atoms with van der Waals surface area (Å²) in [6.07, 6.45) is 2.42. The summed E-state index contributed by atoms with van der Waals surface area (Å²) in [5, 5.41) is 9.18. The molecule has 0 radical (unpaired) electrons. The van der Waals surface area contributed by atoms with Crippen LogP contribution in [0.5, 0.6) is 0 Å². The zero-order chi connectivity index (χ0) is 14.4. The van der Waals surface area contributed by atoms with E-state index in [4.69, 9.17) is 28.2 Å². The monoisotopic (exact) mass is 309 g/mol. The molecule has 0 N–H and O–H groups in total. The van der Waals surface area contributed by atoms with Crippen molar-refractivity contribution in [2.24, 2.45) is 0 Å². The first-order chi connectivity index (χ1) is 9.54. The average Bonchev–Trinajstić information content (AvgIpc) is 2.89. The summed E-state index contributed by atoms with van der Waals surface area (Å²) < 4.78 is 1.89. The van der Waals surface area contributed by atoms with Crippen molar-refractivity contribution >= 4 is 45.7 Å². The van der Waals surface area contributed by atoms with E-state index < -0.39 is 0 Å². The minimum Gasteiger partial charge on any atom is -0.360 e. The van der Waals surface area contributed by atoms with Gasteiger partial charge in [-0.3, -0.25) is 4.40 Å². The van der Waals surface area contributed by atoms with E-state index in [1.54, 1.807) is 12.4 Å². The Kier molecular flexibility index (Phi) is 3.18. The number of aromatic nitrogens is 4. The average molecular weight is 310 g/mol. The van der Waals surface area contributed by atoms with E-state index >= 15 is 0 Å². The second-order valence-corrected chi connectivity index (χ2v) is 5.51. The number of hydrogen-bond donors (Lipinski definition) is 0. The molecule has 3 aromatic rings. The second-order valence-electron chi connectivity index (χ2n) is 4.73. The summed E-state index contributed by atoms with van der Waals surface area (Å²) in [5.74, 6) is 0.753. The van der Waals surface area contributed by atoms with E-state index in [2.05, 4.69) is 10.2 Å². The van der Waals surface area contributed by atoms with Crippen LogP contribution < -0.4 is 4.90 Å². The van der Waals surface area contributed by atoms with Crippen LogP contribution in [0.15, 0.2) is 12.4 Å². The van der Waals surface area contributed by atoms with E-state index in [0.29, 0.717) is 15.7 Å². The molecule has 2 heterocycles. The zero-order valence-electron chi connectivity index (χ0n) is 11.4. The van der Waals surface area contributed by atoms with Gasteiger partial charge in [-0.05, 0) is 18.1 Å². The molecule has 5 nitrogen and oxygen atoms in total. The van der Waals surface area contributed by atoms with Gasteiger partial charge in [0, 0.05) is 14.1 Å². The van der Waals surface area contributed by atoms with E-state index in [-0.39, 0.29) is 0 Å². The molecule has 7 heteroatoms. The number of anilines is 1. The van der Waals surface area contributed by atoms with Crippen molar-refractivity contribution in [3.05, 3.63) is 28.0 Å². The fourth-order valence-corrected chi connectivity index (χ4v) is 2.80. The molecular weight excluding hydrogens is 297 g/mol. The maximum Gasteiger partial charge on any atom is 0.204 e. The summed E-state index contributed by atoms with van der Waals surface area (Å²) in [5.41, 5.74) is 3.33. The predicted molar refractivity (Wildman–Crippen MR) is 82.0 cm³/mol. The number of halogens is 2. The molecule has 3 rings (SSSR count). The maximum atomic E-state index is 6.30. The topological polar surface area (TPSA) is 46.3 Å². The lowest BCUT2D eigenvalue weighted by Gasteiger charge is -2.16. The van der Waals surface area contributed by atoms with E-state index in [9.17, 15) is 0 Å². The van der Waals surface area contributed by atoms with Gasteiger partial charge in [-0.15, -0.1) is 10.2 Å². The molecule has 20 heavy (non-hydrogen) atoms. The van der Waals surface area contributed by atoms with Crippen LogP contribution in [-0.2, 0) is 6.42 Å². The Labute approximate surface area is 126 Å². The standard InChI is InChI=1S/C13H13Cl2N5/c1-4-7-10(15)8(14)5-9-11(7)17-12(19(2)3)13-18-16-6-20(9)13/h5-6H,4H2,1-3H3. The van der Waals surface area contributed by atoms with Gasteiger partial charge in [0.25, 0.3) is 0 Å². The Bertz CT molecular complexity index is 809. The van der Waals surface area contributed by atoms with Crippen molar-refractivity contribution in [3.8, 4) is 0 Å². The lowest BCUT2D eigenvalue weighted by molar-refractivity contribution is 1.05. The summed E-state index contributed by atoms with van der Waals surface area (Å²) in [7, 11) is 3.85. The number of rotatable bonds is 2. The molecule has 0 saturated carbocycles. The lowest BCUT2D eigenvalue weighted by atomic mass is 10.1. The molecule has 0 aliphatic rings. The van der Waals surface area contributed by atoms with Crippen molar-refractivity contribution < 1.29 is 0 Å². The molecule has 1 aromatic carbocycles. The molecule has 0 unspecified atom stereocenters. The minimum absolute atomic E-state index is 0.519. The van der Waals surface area contributed by atoms with Crippen LogP contribution in [0.1, 0.15) is 12.5 Å². The van der Waals surface area contributed by atoms with Gasteiger partial charge in [0.05, 0.1) is 21.1 Å². The van der Waals surface area contributed by atoms with Gasteiger partial charge in [0.1, 0.15) is 6.33 Å². The Hall–Kier alpha value is -1.59. The SMILES string of the molecule is CCc1c(Cl)c(Cl)cc2c1nc(N(C)C)c1nncn12. The van der Waals surface area contributed by atoms with Crippen LogP contribution in [0.4, 0.5) is 5.82 Å². The molecule has 0 aliphatic heterocycles. The van der Waals surface area contributed by atoms with E-state index in [1.165, 1.54) is 0 Å². The van der Waals surface area contributed by atoms with Crippen molar-refractivity contribution in [1.82, 2.24) is 19.6 Å². The van der Waals surface area contributed by atoms with Gasteiger partial charge >= 0.3 is 0 Å². The highest BCUT2D eigenvalue weighted by molar-refractivity contribution is 6.43. The molecule has 0 atom stereocenters. The van der Waals surface area contributed by atoms with Crippen molar-refractivity contribution in [1.29, 1.82) is 0 Å². The first-order valence-corrected chi connectivity index (χ1v) is 6.97. The minimum atomic E-state index is 0.519.